The Labute approximate surface area is 139 Å². The molecule has 0 saturated heterocycles. The monoisotopic (exact) mass is 338 g/mol. The SMILES string of the molecule is CC(C)(C)OC(=O)Nc1cnc(Cl)cc1-c1ccccc1Cl. The number of pyridine rings is 1. The number of halogens is 2. The molecule has 1 heterocycles. The average molecular weight is 339 g/mol. The zero-order valence-corrected chi connectivity index (χ0v) is 14.0. The summed E-state index contributed by atoms with van der Waals surface area (Å²) in [5.74, 6) is 0. The van der Waals surface area contributed by atoms with E-state index in [9.17, 15) is 4.79 Å². The highest BCUT2D eigenvalue weighted by atomic mass is 35.5. The summed E-state index contributed by atoms with van der Waals surface area (Å²) in [6, 6.07) is 8.94. The Kier molecular flexibility index (Phi) is 4.94. The molecular weight excluding hydrogens is 323 g/mol. The first-order chi connectivity index (χ1) is 10.3. The Morgan fingerprint density at radius 2 is 1.86 bits per heavy atom. The Hall–Kier alpha value is -1.78. The molecule has 0 bridgehead atoms. The first-order valence-electron chi connectivity index (χ1n) is 6.67. The minimum Gasteiger partial charge on any atom is -0.444 e. The fraction of sp³-hybridized carbons (Fsp3) is 0.250. The van der Waals surface area contributed by atoms with Crippen LogP contribution in [0.3, 0.4) is 0 Å². The minimum absolute atomic E-state index is 0.310. The van der Waals surface area contributed by atoms with Gasteiger partial charge >= 0.3 is 6.09 Å². The van der Waals surface area contributed by atoms with Crippen LogP contribution in [0.1, 0.15) is 20.8 Å². The summed E-state index contributed by atoms with van der Waals surface area (Å²) < 4.78 is 5.25. The highest BCUT2D eigenvalue weighted by Crippen LogP contribution is 2.34. The van der Waals surface area contributed by atoms with Crippen LogP contribution in [0.15, 0.2) is 36.5 Å². The van der Waals surface area contributed by atoms with Gasteiger partial charge in [0.15, 0.2) is 0 Å². The molecule has 1 aromatic heterocycles. The van der Waals surface area contributed by atoms with Crippen LogP contribution in [0.25, 0.3) is 11.1 Å². The molecule has 0 atom stereocenters. The van der Waals surface area contributed by atoms with Gasteiger partial charge in [-0.1, -0.05) is 41.4 Å². The molecule has 1 aromatic carbocycles. The molecule has 0 radical (unpaired) electrons. The molecule has 2 aromatic rings. The fourth-order valence-electron chi connectivity index (χ4n) is 1.85. The number of carbonyl (C=O) groups is 1. The molecule has 22 heavy (non-hydrogen) atoms. The number of benzene rings is 1. The quantitative estimate of drug-likeness (QED) is 0.745. The van der Waals surface area contributed by atoms with Crippen LogP contribution in [0, 0.1) is 0 Å². The number of hydrogen-bond donors (Lipinski definition) is 1. The van der Waals surface area contributed by atoms with Crippen molar-refractivity contribution in [2.24, 2.45) is 0 Å². The Morgan fingerprint density at radius 1 is 1.18 bits per heavy atom. The van der Waals surface area contributed by atoms with Gasteiger partial charge in [-0.05, 0) is 32.9 Å². The molecule has 0 aliphatic rings. The second-order valence-electron chi connectivity index (χ2n) is 5.66. The molecule has 116 valence electrons. The number of ether oxygens (including phenoxy) is 1. The summed E-state index contributed by atoms with van der Waals surface area (Å²) in [5.41, 5.74) is 1.32. The Balaban J connectivity index is 2.37. The summed E-state index contributed by atoms with van der Waals surface area (Å²) in [5, 5.41) is 3.54. The average Bonchev–Trinajstić information content (AvgIpc) is 2.39. The van der Waals surface area contributed by atoms with E-state index in [1.807, 2.05) is 18.2 Å². The molecule has 0 fully saturated rings. The van der Waals surface area contributed by atoms with E-state index in [4.69, 9.17) is 27.9 Å². The zero-order valence-electron chi connectivity index (χ0n) is 12.5. The van der Waals surface area contributed by atoms with Crippen LogP contribution in [0.2, 0.25) is 10.2 Å². The number of nitrogens with zero attached hydrogens (tertiary/aromatic N) is 1. The predicted molar refractivity (Wildman–Crippen MR) is 89.5 cm³/mol. The van der Waals surface area contributed by atoms with Crippen LogP contribution in [-0.4, -0.2) is 16.7 Å². The molecule has 2 rings (SSSR count). The largest absolute Gasteiger partial charge is 0.444 e. The summed E-state index contributed by atoms with van der Waals surface area (Å²) in [7, 11) is 0. The van der Waals surface area contributed by atoms with Crippen molar-refractivity contribution in [1.82, 2.24) is 4.98 Å². The lowest BCUT2D eigenvalue weighted by molar-refractivity contribution is 0.0636. The number of hydrogen-bond acceptors (Lipinski definition) is 3. The normalized spacial score (nSPS) is 11.1. The Bertz CT molecular complexity index is 697. The van der Waals surface area contributed by atoms with Gasteiger partial charge in [-0.2, -0.15) is 0 Å². The number of anilines is 1. The number of carbonyl (C=O) groups excluding carboxylic acids is 1. The first-order valence-corrected chi connectivity index (χ1v) is 7.42. The van der Waals surface area contributed by atoms with E-state index in [1.54, 1.807) is 32.9 Å². The van der Waals surface area contributed by atoms with Crippen molar-refractivity contribution < 1.29 is 9.53 Å². The van der Waals surface area contributed by atoms with Gasteiger partial charge in [0, 0.05) is 16.1 Å². The molecule has 1 amide bonds. The summed E-state index contributed by atoms with van der Waals surface area (Å²) in [6.45, 7) is 5.38. The zero-order chi connectivity index (χ0) is 16.3. The standard InChI is InChI=1S/C16H16Cl2N2O2/c1-16(2,3)22-15(21)20-13-9-19-14(18)8-11(13)10-6-4-5-7-12(10)17/h4-9H,1-3H3,(H,20,21). The summed E-state index contributed by atoms with van der Waals surface area (Å²) in [6.07, 6.45) is 0.912. The van der Waals surface area contributed by atoms with Crippen molar-refractivity contribution in [2.75, 3.05) is 5.32 Å². The summed E-state index contributed by atoms with van der Waals surface area (Å²) >= 11 is 12.2. The highest BCUT2D eigenvalue weighted by Gasteiger charge is 2.18. The van der Waals surface area contributed by atoms with Crippen molar-refractivity contribution in [3.8, 4) is 11.1 Å². The van der Waals surface area contributed by atoms with Gasteiger partial charge < -0.3 is 4.74 Å². The maximum Gasteiger partial charge on any atom is 0.412 e. The van der Waals surface area contributed by atoms with Crippen molar-refractivity contribution >= 4 is 35.0 Å². The van der Waals surface area contributed by atoms with Crippen LogP contribution in [-0.2, 0) is 4.74 Å². The van der Waals surface area contributed by atoms with E-state index >= 15 is 0 Å². The van der Waals surface area contributed by atoms with E-state index in [-0.39, 0.29) is 0 Å². The van der Waals surface area contributed by atoms with Crippen molar-refractivity contribution in [3.63, 3.8) is 0 Å². The first kappa shape index (κ1) is 16.6. The van der Waals surface area contributed by atoms with E-state index in [1.165, 1.54) is 6.20 Å². The molecule has 1 N–H and O–H groups in total. The second kappa shape index (κ2) is 6.55. The van der Waals surface area contributed by atoms with Gasteiger partial charge in [0.2, 0.25) is 0 Å². The van der Waals surface area contributed by atoms with E-state index < -0.39 is 11.7 Å². The molecule has 6 heteroatoms. The molecule has 0 spiro atoms. The topological polar surface area (TPSA) is 51.2 Å². The van der Waals surface area contributed by atoms with Crippen molar-refractivity contribution in [1.29, 1.82) is 0 Å². The lowest BCUT2D eigenvalue weighted by Gasteiger charge is -2.20. The van der Waals surface area contributed by atoms with Gasteiger partial charge in [-0.15, -0.1) is 0 Å². The maximum atomic E-state index is 12.0. The Morgan fingerprint density at radius 3 is 2.50 bits per heavy atom. The van der Waals surface area contributed by atoms with Crippen LogP contribution in [0.5, 0.6) is 0 Å². The molecule has 4 nitrogen and oxygen atoms in total. The van der Waals surface area contributed by atoms with Crippen molar-refractivity contribution in [3.05, 3.63) is 46.7 Å². The highest BCUT2D eigenvalue weighted by molar-refractivity contribution is 6.34. The number of nitrogens with one attached hydrogen (secondary N) is 1. The number of amides is 1. The van der Waals surface area contributed by atoms with E-state index in [2.05, 4.69) is 10.3 Å². The lowest BCUT2D eigenvalue weighted by Crippen LogP contribution is -2.27. The number of aromatic nitrogens is 1. The van der Waals surface area contributed by atoms with Crippen LogP contribution in [0.4, 0.5) is 10.5 Å². The van der Waals surface area contributed by atoms with Gasteiger partial charge in [-0.25, -0.2) is 9.78 Å². The second-order valence-corrected chi connectivity index (χ2v) is 6.45. The van der Waals surface area contributed by atoms with Gasteiger partial charge in [0.1, 0.15) is 10.8 Å². The van der Waals surface area contributed by atoms with Gasteiger partial charge in [-0.3, -0.25) is 5.32 Å². The fourth-order valence-corrected chi connectivity index (χ4v) is 2.24. The maximum absolute atomic E-state index is 12.0. The van der Waals surface area contributed by atoms with E-state index in [0.29, 0.717) is 21.4 Å². The van der Waals surface area contributed by atoms with Crippen molar-refractivity contribution in [2.45, 2.75) is 26.4 Å². The minimum atomic E-state index is -0.589. The van der Waals surface area contributed by atoms with Crippen LogP contribution >= 0.6 is 23.2 Å². The molecular formula is C16H16Cl2N2O2. The smallest absolute Gasteiger partial charge is 0.412 e. The van der Waals surface area contributed by atoms with Crippen LogP contribution < -0.4 is 5.32 Å². The van der Waals surface area contributed by atoms with Gasteiger partial charge in [0.05, 0.1) is 11.9 Å². The molecule has 0 aliphatic heterocycles. The third-order valence-electron chi connectivity index (χ3n) is 2.67. The lowest BCUT2D eigenvalue weighted by atomic mass is 10.1. The molecule has 0 saturated carbocycles. The predicted octanol–water partition coefficient (Wildman–Crippen LogP) is 5.40. The molecule has 0 unspecified atom stereocenters. The third-order valence-corrected chi connectivity index (χ3v) is 3.21. The summed E-state index contributed by atoms with van der Waals surface area (Å²) in [4.78, 5) is 16.0. The number of rotatable bonds is 2. The van der Waals surface area contributed by atoms with E-state index in [0.717, 1.165) is 5.56 Å². The van der Waals surface area contributed by atoms with Gasteiger partial charge in [0.25, 0.3) is 0 Å². The third kappa shape index (κ3) is 4.36. The molecule has 0 aliphatic carbocycles.